The molecule has 0 spiro atoms. The zero-order valence-corrected chi connectivity index (χ0v) is 11.1. The number of ether oxygens (including phenoxy) is 1. The van der Waals surface area contributed by atoms with Crippen LogP contribution < -0.4 is 4.74 Å². The van der Waals surface area contributed by atoms with Gasteiger partial charge in [-0.25, -0.2) is 0 Å². The molecule has 0 unspecified atom stereocenters. The van der Waals surface area contributed by atoms with E-state index < -0.39 is 0 Å². The molecule has 0 saturated heterocycles. The standard InChI is InChI=1S/C14H11BrO3/c15-13-7-11(9-17)3-6-14(13)18-12-4-1-10(8-16)2-5-12/h1-7,9,16H,8H2. The van der Waals surface area contributed by atoms with Crippen molar-refractivity contribution in [3.8, 4) is 11.5 Å². The molecule has 4 heteroatoms. The van der Waals surface area contributed by atoms with Crippen molar-refractivity contribution in [3.05, 3.63) is 58.1 Å². The lowest BCUT2D eigenvalue weighted by Gasteiger charge is -2.08. The predicted octanol–water partition coefficient (Wildman–Crippen LogP) is 3.55. The van der Waals surface area contributed by atoms with Gasteiger partial charge < -0.3 is 9.84 Å². The van der Waals surface area contributed by atoms with Gasteiger partial charge in [-0.2, -0.15) is 0 Å². The van der Waals surface area contributed by atoms with E-state index in [0.717, 1.165) is 16.3 Å². The van der Waals surface area contributed by atoms with Crippen LogP contribution in [0.2, 0.25) is 0 Å². The first-order valence-electron chi connectivity index (χ1n) is 5.35. The Balaban J connectivity index is 2.19. The molecule has 0 bridgehead atoms. The highest BCUT2D eigenvalue weighted by atomic mass is 79.9. The summed E-state index contributed by atoms with van der Waals surface area (Å²) in [5.74, 6) is 1.31. The monoisotopic (exact) mass is 306 g/mol. The summed E-state index contributed by atoms with van der Waals surface area (Å²) in [6, 6.07) is 12.3. The van der Waals surface area contributed by atoms with Crippen molar-refractivity contribution < 1.29 is 14.6 Å². The van der Waals surface area contributed by atoms with E-state index >= 15 is 0 Å². The highest BCUT2D eigenvalue weighted by Gasteiger charge is 2.04. The fourth-order valence-electron chi connectivity index (χ4n) is 1.46. The maximum atomic E-state index is 10.6. The van der Waals surface area contributed by atoms with Gasteiger partial charge in [0.25, 0.3) is 0 Å². The number of hydrogen-bond donors (Lipinski definition) is 1. The zero-order valence-electron chi connectivity index (χ0n) is 9.47. The van der Waals surface area contributed by atoms with Crippen molar-refractivity contribution in [1.29, 1.82) is 0 Å². The highest BCUT2D eigenvalue weighted by molar-refractivity contribution is 9.10. The molecule has 0 aliphatic rings. The molecular formula is C14H11BrO3. The van der Waals surface area contributed by atoms with Gasteiger partial charge in [-0.1, -0.05) is 12.1 Å². The van der Waals surface area contributed by atoms with E-state index in [9.17, 15) is 4.79 Å². The van der Waals surface area contributed by atoms with Gasteiger partial charge in [0.15, 0.2) is 0 Å². The number of aliphatic hydroxyl groups excluding tert-OH is 1. The lowest BCUT2D eigenvalue weighted by Crippen LogP contribution is -1.88. The predicted molar refractivity (Wildman–Crippen MR) is 72.0 cm³/mol. The number of rotatable bonds is 4. The van der Waals surface area contributed by atoms with E-state index in [4.69, 9.17) is 9.84 Å². The third-order valence-electron chi connectivity index (χ3n) is 2.43. The Morgan fingerprint density at radius 1 is 1.17 bits per heavy atom. The van der Waals surface area contributed by atoms with Crippen LogP contribution in [-0.2, 0) is 6.61 Å². The molecule has 0 heterocycles. The van der Waals surface area contributed by atoms with E-state index in [-0.39, 0.29) is 6.61 Å². The van der Waals surface area contributed by atoms with E-state index in [1.165, 1.54) is 0 Å². The summed E-state index contributed by atoms with van der Waals surface area (Å²) in [5, 5.41) is 8.94. The Kier molecular flexibility index (Phi) is 4.12. The highest BCUT2D eigenvalue weighted by Crippen LogP contribution is 2.30. The minimum Gasteiger partial charge on any atom is -0.456 e. The summed E-state index contributed by atoms with van der Waals surface area (Å²) < 4.78 is 6.38. The summed E-state index contributed by atoms with van der Waals surface area (Å²) in [6.45, 7) is 0.0119. The molecule has 0 radical (unpaired) electrons. The quantitative estimate of drug-likeness (QED) is 0.879. The molecule has 0 atom stereocenters. The molecule has 1 N–H and O–H groups in total. The van der Waals surface area contributed by atoms with Crippen LogP contribution in [0.5, 0.6) is 11.5 Å². The summed E-state index contributed by atoms with van der Waals surface area (Å²) in [5.41, 5.74) is 1.42. The number of hydrogen-bond acceptors (Lipinski definition) is 3. The molecule has 0 aliphatic heterocycles. The molecule has 0 aromatic heterocycles. The van der Waals surface area contributed by atoms with Crippen molar-refractivity contribution in [3.63, 3.8) is 0 Å². The Morgan fingerprint density at radius 3 is 2.44 bits per heavy atom. The number of halogens is 1. The Bertz CT molecular complexity index is 549. The number of benzene rings is 2. The van der Waals surface area contributed by atoms with Crippen LogP contribution >= 0.6 is 15.9 Å². The average Bonchev–Trinajstić information content (AvgIpc) is 2.42. The van der Waals surface area contributed by atoms with Crippen LogP contribution in [0.25, 0.3) is 0 Å². The van der Waals surface area contributed by atoms with Gasteiger partial charge in [0.2, 0.25) is 0 Å². The summed E-state index contributed by atoms with van der Waals surface area (Å²) in [7, 11) is 0. The largest absolute Gasteiger partial charge is 0.456 e. The summed E-state index contributed by atoms with van der Waals surface area (Å²) in [4.78, 5) is 10.6. The van der Waals surface area contributed by atoms with Gasteiger partial charge in [0.05, 0.1) is 11.1 Å². The minimum absolute atomic E-state index is 0.0119. The Labute approximate surface area is 113 Å². The molecule has 0 aliphatic carbocycles. The van der Waals surface area contributed by atoms with Gasteiger partial charge in [-0.15, -0.1) is 0 Å². The smallest absolute Gasteiger partial charge is 0.150 e. The van der Waals surface area contributed by atoms with Crippen LogP contribution in [0.15, 0.2) is 46.9 Å². The van der Waals surface area contributed by atoms with Crippen molar-refractivity contribution >= 4 is 22.2 Å². The third kappa shape index (κ3) is 2.97. The first kappa shape index (κ1) is 12.8. The molecule has 3 nitrogen and oxygen atoms in total. The summed E-state index contributed by atoms with van der Waals surface area (Å²) in [6.07, 6.45) is 0.782. The summed E-state index contributed by atoms with van der Waals surface area (Å²) >= 11 is 3.35. The van der Waals surface area contributed by atoms with Crippen LogP contribution in [0.3, 0.4) is 0 Å². The van der Waals surface area contributed by atoms with Gasteiger partial charge in [-0.3, -0.25) is 4.79 Å². The van der Waals surface area contributed by atoms with Gasteiger partial charge in [0, 0.05) is 5.56 Å². The molecule has 2 aromatic carbocycles. The fraction of sp³-hybridized carbons (Fsp3) is 0.0714. The number of aldehydes is 1. The fourth-order valence-corrected chi connectivity index (χ4v) is 1.94. The maximum Gasteiger partial charge on any atom is 0.150 e. The van der Waals surface area contributed by atoms with Gasteiger partial charge in [-0.05, 0) is 51.8 Å². The third-order valence-corrected chi connectivity index (χ3v) is 3.05. The molecule has 0 saturated carbocycles. The molecule has 18 heavy (non-hydrogen) atoms. The van der Waals surface area contributed by atoms with Crippen LogP contribution in [0, 0.1) is 0 Å². The number of carbonyl (C=O) groups excluding carboxylic acids is 1. The van der Waals surface area contributed by atoms with Crippen molar-refractivity contribution in [2.75, 3.05) is 0 Å². The second-order valence-corrected chi connectivity index (χ2v) is 4.57. The molecule has 0 amide bonds. The van der Waals surface area contributed by atoms with E-state index in [0.29, 0.717) is 17.1 Å². The van der Waals surface area contributed by atoms with Gasteiger partial charge >= 0.3 is 0 Å². The van der Waals surface area contributed by atoms with E-state index in [2.05, 4.69) is 15.9 Å². The Morgan fingerprint density at radius 2 is 1.89 bits per heavy atom. The second kappa shape index (κ2) is 5.80. The van der Waals surface area contributed by atoms with Gasteiger partial charge in [0.1, 0.15) is 17.8 Å². The first-order chi connectivity index (χ1) is 8.72. The molecule has 92 valence electrons. The lowest BCUT2D eigenvalue weighted by molar-refractivity contribution is 0.112. The van der Waals surface area contributed by atoms with Crippen LogP contribution in [0.1, 0.15) is 15.9 Å². The van der Waals surface area contributed by atoms with E-state index in [1.807, 2.05) is 0 Å². The SMILES string of the molecule is O=Cc1ccc(Oc2ccc(CO)cc2)c(Br)c1. The molecular weight excluding hydrogens is 296 g/mol. The molecule has 0 fully saturated rings. The molecule has 2 rings (SSSR count). The van der Waals surface area contributed by atoms with Crippen molar-refractivity contribution in [1.82, 2.24) is 0 Å². The normalized spacial score (nSPS) is 10.1. The first-order valence-corrected chi connectivity index (χ1v) is 6.14. The maximum absolute atomic E-state index is 10.6. The Hall–Kier alpha value is -1.65. The number of aliphatic hydroxyl groups is 1. The molecule has 2 aromatic rings. The zero-order chi connectivity index (χ0) is 13.0. The second-order valence-electron chi connectivity index (χ2n) is 3.71. The topological polar surface area (TPSA) is 46.5 Å². The van der Waals surface area contributed by atoms with Crippen molar-refractivity contribution in [2.24, 2.45) is 0 Å². The lowest BCUT2D eigenvalue weighted by atomic mass is 10.2. The van der Waals surface area contributed by atoms with E-state index in [1.54, 1.807) is 42.5 Å². The van der Waals surface area contributed by atoms with Crippen LogP contribution in [-0.4, -0.2) is 11.4 Å². The number of carbonyl (C=O) groups is 1. The van der Waals surface area contributed by atoms with Crippen LogP contribution in [0.4, 0.5) is 0 Å². The minimum atomic E-state index is 0.0119. The van der Waals surface area contributed by atoms with Crippen molar-refractivity contribution in [2.45, 2.75) is 6.61 Å². The average molecular weight is 307 g/mol.